The average molecular weight is 393 g/mol. The number of nitrogens with zero attached hydrogens (tertiary/aromatic N) is 3. The van der Waals surface area contributed by atoms with E-state index in [1.54, 1.807) is 6.07 Å². The third kappa shape index (κ3) is 4.06. The van der Waals surface area contributed by atoms with Crippen LogP contribution in [-0.4, -0.2) is 33.9 Å². The van der Waals surface area contributed by atoms with E-state index in [0.717, 1.165) is 42.7 Å². The van der Waals surface area contributed by atoms with Crippen molar-refractivity contribution >= 4 is 28.3 Å². The number of piperidine rings is 1. The Morgan fingerprint density at radius 3 is 2.76 bits per heavy atom. The molecule has 4 rings (SSSR count). The third-order valence-corrected chi connectivity index (χ3v) is 5.41. The van der Waals surface area contributed by atoms with Gasteiger partial charge in [-0.2, -0.15) is 0 Å². The fourth-order valence-corrected chi connectivity index (χ4v) is 3.69. The maximum atomic E-state index is 12.9. The van der Waals surface area contributed by atoms with Crippen LogP contribution >= 0.6 is 0 Å². The van der Waals surface area contributed by atoms with Crippen molar-refractivity contribution in [1.29, 1.82) is 0 Å². The molecule has 0 bridgehead atoms. The number of H-pyrrole nitrogens is 1. The lowest BCUT2D eigenvalue weighted by atomic mass is 9.98. The lowest BCUT2D eigenvalue weighted by Crippen LogP contribution is -2.35. The number of benzene rings is 2. The molecular formula is C21H23N5O3. The number of rotatable bonds is 5. The van der Waals surface area contributed by atoms with Gasteiger partial charge < -0.3 is 15.2 Å². The molecule has 0 unspecified atom stereocenters. The van der Waals surface area contributed by atoms with Crippen molar-refractivity contribution < 1.29 is 9.72 Å². The Morgan fingerprint density at radius 2 is 2.03 bits per heavy atom. The van der Waals surface area contributed by atoms with Crippen molar-refractivity contribution in [2.45, 2.75) is 26.3 Å². The number of para-hydroxylation sites is 2. The van der Waals surface area contributed by atoms with Crippen LogP contribution in [0.15, 0.2) is 42.5 Å². The van der Waals surface area contributed by atoms with Gasteiger partial charge in [0, 0.05) is 25.2 Å². The maximum Gasteiger partial charge on any atom is 0.270 e. The van der Waals surface area contributed by atoms with Crippen LogP contribution < -0.4 is 10.2 Å². The number of fused-ring (bicyclic) bond motifs is 1. The summed E-state index contributed by atoms with van der Waals surface area (Å²) in [5.41, 5.74) is 2.70. The minimum absolute atomic E-state index is 0.0898. The van der Waals surface area contributed by atoms with E-state index >= 15 is 0 Å². The Labute approximate surface area is 168 Å². The molecule has 0 spiro atoms. The molecule has 8 heteroatoms. The number of anilines is 1. The molecule has 1 fully saturated rings. The Bertz CT molecular complexity index is 1020. The molecule has 1 amide bonds. The second-order valence-corrected chi connectivity index (χ2v) is 7.51. The molecule has 3 aromatic rings. The van der Waals surface area contributed by atoms with Crippen molar-refractivity contribution in [1.82, 2.24) is 15.3 Å². The number of amides is 1. The van der Waals surface area contributed by atoms with Gasteiger partial charge >= 0.3 is 0 Å². The van der Waals surface area contributed by atoms with Gasteiger partial charge in [0.1, 0.15) is 5.82 Å². The fourth-order valence-electron chi connectivity index (χ4n) is 3.69. The van der Waals surface area contributed by atoms with Crippen LogP contribution in [0.2, 0.25) is 0 Å². The first-order chi connectivity index (χ1) is 14.0. The van der Waals surface area contributed by atoms with Crippen molar-refractivity contribution in [3.63, 3.8) is 0 Å². The maximum absolute atomic E-state index is 12.9. The van der Waals surface area contributed by atoms with E-state index in [-0.39, 0.29) is 18.1 Å². The number of nitro benzene ring substituents is 1. The van der Waals surface area contributed by atoms with Crippen molar-refractivity contribution in [2.24, 2.45) is 5.92 Å². The van der Waals surface area contributed by atoms with E-state index in [4.69, 9.17) is 0 Å². The SMILES string of the molecule is CC1CCN(c2ccc([N+](=O)[O-])cc2C(=O)NCc2nc3ccccc3[nH]2)CC1. The van der Waals surface area contributed by atoms with Gasteiger partial charge in [-0.3, -0.25) is 14.9 Å². The molecule has 8 nitrogen and oxygen atoms in total. The Hall–Kier alpha value is -3.42. The van der Waals surface area contributed by atoms with E-state index < -0.39 is 4.92 Å². The highest BCUT2D eigenvalue weighted by molar-refractivity contribution is 6.00. The predicted molar refractivity (Wildman–Crippen MR) is 111 cm³/mol. The summed E-state index contributed by atoms with van der Waals surface area (Å²) in [5, 5.41) is 14.1. The molecule has 2 heterocycles. The van der Waals surface area contributed by atoms with Gasteiger partial charge in [0.2, 0.25) is 0 Å². The van der Waals surface area contributed by atoms with Gasteiger partial charge in [0.25, 0.3) is 11.6 Å². The number of imidazole rings is 1. The number of aromatic amines is 1. The minimum atomic E-state index is -0.474. The van der Waals surface area contributed by atoms with Crippen LogP contribution in [0.4, 0.5) is 11.4 Å². The number of carbonyl (C=O) groups excluding carboxylic acids is 1. The molecule has 150 valence electrons. The van der Waals surface area contributed by atoms with Crippen LogP contribution in [0, 0.1) is 16.0 Å². The van der Waals surface area contributed by atoms with Crippen molar-refractivity contribution in [2.75, 3.05) is 18.0 Å². The van der Waals surface area contributed by atoms with E-state index in [0.29, 0.717) is 17.3 Å². The monoisotopic (exact) mass is 393 g/mol. The predicted octanol–water partition coefficient (Wildman–Crippen LogP) is 3.64. The van der Waals surface area contributed by atoms with E-state index in [2.05, 4.69) is 27.1 Å². The molecule has 2 N–H and O–H groups in total. The molecule has 29 heavy (non-hydrogen) atoms. The highest BCUT2D eigenvalue weighted by Crippen LogP contribution is 2.29. The van der Waals surface area contributed by atoms with Crippen molar-refractivity contribution in [3.05, 3.63) is 64.0 Å². The molecule has 1 aliphatic heterocycles. The lowest BCUT2D eigenvalue weighted by molar-refractivity contribution is -0.384. The summed E-state index contributed by atoms with van der Waals surface area (Å²) in [6.07, 6.45) is 2.08. The zero-order valence-corrected chi connectivity index (χ0v) is 16.2. The fraction of sp³-hybridized carbons (Fsp3) is 0.333. The first kappa shape index (κ1) is 18.9. The van der Waals surface area contributed by atoms with E-state index in [1.165, 1.54) is 12.1 Å². The first-order valence-electron chi connectivity index (χ1n) is 9.76. The molecule has 0 atom stereocenters. The second kappa shape index (κ2) is 7.90. The zero-order chi connectivity index (χ0) is 20.4. The topological polar surface area (TPSA) is 104 Å². The van der Waals surface area contributed by atoms with Crippen LogP contribution in [0.3, 0.4) is 0 Å². The number of carbonyl (C=O) groups is 1. The van der Waals surface area contributed by atoms with Gasteiger partial charge in [-0.1, -0.05) is 19.1 Å². The van der Waals surface area contributed by atoms with Crippen LogP contribution in [0.5, 0.6) is 0 Å². The summed E-state index contributed by atoms with van der Waals surface area (Å²) in [5.74, 6) is 0.941. The number of hydrogen-bond donors (Lipinski definition) is 2. The third-order valence-electron chi connectivity index (χ3n) is 5.41. The van der Waals surface area contributed by atoms with Crippen LogP contribution in [0.25, 0.3) is 11.0 Å². The molecule has 1 saturated heterocycles. The Kier molecular flexibility index (Phi) is 5.16. The quantitative estimate of drug-likeness (QED) is 0.509. The van der Waals surface area contributed by atoms with Gasteiger partial charge in [-0.15, -0.1) is 0 Å². The van der Waals surface area contributed by atoms with Crippen LogP contribution in [0.1, 0.15) is 35.9 Å². The molecular weight excluding hydrogens is 370 g/mol. The number of non-ortho nitro benzene ring substituents is 1. The van der Waals surface area contributed by atoms with Gasteiger partial charge in [0.15, 0.2) is 0 Å². The summed E-state index contributed by atoms with van der Waals surface area (Å²) in [6.45, 7) is 4.10. The summed E-state index contributed by atoms with van der Waals surface area (Å²) < 4.78 is 0. The van der Waals surface area contributed by atoms with Gasteiger partial charge in [-0.05, 0) is 37.0 Å². The summed E-state index contributed by atoms with van der Waals surface area (Å²) in [4.78, 5) is 33.5. The van der Waals surface area contributed by atoms with Gasteiger partial charge in [0.05, 0.1) is 33.8 Å². The van der Waals surface area contributed by atoms with Crippen LogP contribution in [-0.2, 0) is 6.54 Å². The molecule has 2 aromatic carbocycles. The van der Waals surface area contributed by atoms with E-state index in [9.17, 15) is 14.9 Å². The number of aromatic nitrogens is 2. The summed E-state index contributed by atoms with van der Waals surface area (Å²) >= 11 is 0. The normalized spacial score (nSPS) is 14.9. The summed E-state index contributed by atoms with van der Waals surface area (Å²) in [7, 11) is 0. The smallest absolute Gasteiger partial charge is 0.270 e. The molecule has 0 radical (unpaired) electrons. The molecule has 0 aliphatic carbocycles. The van der Waals surface area contributed by atoms with E-state index in [1.807, 2.05) is 24.3 Å². The zero-order valence-electron chi connectivity index (χ0n) is 16.2. The number of nitrogens with one attached hydrogen (secondary N) is 2. The average Bonchev–Trinajstić information content (AvgIpc) is 3.15. The standard InChI is InChI=1S/C21H23N5O3/c1-14-8-10-25(11-9-14)19-7-6-15(26(28)29)12-16(19)21(27)22-13-20-23-17-4-2-3-5-18(17)24-20/h2-7,12,14H,8-11,13H2,1H3,(H,22,27)(H,23,24). The number of hydrogen-bond acceptors (Lipinski definition) is 5. The highest BCUT2D eigenvalue weighted by atomic mass is 16.6. The van der Waals surface area contributed by atoms with Gasteiger partial charge in [-0.25, -0.2) is 4.98 Å². The number of nitro groups is 1. The largest absolute Gasteiger partial charge is 0.371 e. The summed E-state index contributed by atoms with van der Waals surface area (Å²) in [6, 6.07) is 12.1. The van der Waals surface area contributed by atoms with Crippen molar-refractivity contribution in [3.8, 4) is 0 Å². The highest BCUT2D eigenvalue weighted by Gasteiger charge is 2.23. The first-order valence-corrected chi connectivity index (χ1v) is 9.76. The second-order valence-electron chi connectivity index (χ2n) is 7.51. The minimum Gasteiger partial charge on any atom is -0.371 e. The molecule has 1 aliphatic rings. The lowest BCUT2D eigenvalue weighted by Gasteiger charge is -2.33. The molecule has 0 saturated carbocycles. The Balaban J connectivity index is 1.56. The molecule has 1 aromatic heterocycles. The Morgan fingerprint density at radius 1 is 1.28 bits per heavy atom.